The van der Waals surface area contributed by atoms with Gasteiger partial charge in [0.1, 0.15) is 17.9 Å². The van der Waals surface area contributed by atoms with Gasteiger partial charge in [-0.15, -0.1) is 0 Å². The molecule has 0 radical (unpaired) electrons. The Morgan fingerprint density at radius 3 is 2.62 bits per heavy atom. The van der Waals surface area contributed by atoms with Gasteiger partial charge >= 0.3 is 0 Å². The Kier molecular flexibility index (Phi) is 7.93. The number of rotatable bonds is 10. The van der Waals surface area contributed by atoms with Gasteiger partial charge in [0, 0.05) is 37.6 Å². The number of para-hydroxylation sites is 1. The largest absolute Gasteiger partial charge is 0.494 e. The van der Waals surface area contributed by atoms with Crippen LogP contribution in [0.3, 0.4) is 0 Å². The predicted molar refractivity (Wildman–Crippen MR) is 141 cm³/mol. The molecule has 206 valence electrons. The standard InChI is InChI=1S/C25H29F2N9O3/c1-34(2)9-14-39-19-15-16(7-8-28-19)29-23-31-24(35-10-12-38-13-11-35)33-25(32-23)36-17-5-4-6-18(37-3)20(17)30-22(36)21(26)27/h4-8,15,21H,9-14H2,1-3H3,(H,28,29,31,32,33). The van der Waals surface area contributed by atoms with Gasteiger partial charge in [-0.05, 0) is 32.3 Å². The molecule has 0 spiro atoms. The summed E-state index contributed by atoms with van der Waals surface area (Å²) in [5, 5.41) is 3.15. The van der Waals surface area contributed by atoms with E-state index in [1.165, 1.54) is 11.7 Å². The van der Waals surface area contributed by atoms with E-state index in [-0.39, 0.29) is 17.4 Å². The Labute approximate surface area is 223 Å². The Morgan fingerprint density at radius 2 is 1.87 bits per heavy atom. The van der Waals surface area contributed by atoms with Crippen LogP contribution < -0.4 is 19.7 Å². The molecule has 3 aromatic heterocycles. The first kappa shape index (κ1) is 26.4. The number of halogens is 2. The lowest BCUT2D eigenvalue weighted by atomic mass is 10.3. The van der Waals surface area contributed by atoms with Crippen molar-refractivity contribution in [2.45, 2.75) is 6.43 Å². The van der Waals surface area contributed by atoms with E-state index in [9.17, 15) is 8.78 Å². The average molecular weight is 542 g/mol. The van der Waals surface area contributed by atoms with E-state index in [1.54, 1.807) is 36.5 Å². The first-order valence-electron chi connectivity index (χ1n) is 12.4. The van der Waals surface area contributed by atoms with Crippen LogP contribution >= 0.6 is 0 Å². The normalized spacial score (nSPS) is 13.9. The van der Waals surface area contributed by atoms with Gasteiger partial charge in [0.2, 0.25) is 23.7 Å². The highest BCUT2D eigenvalue weighted by molar-refractivity contribution is 5.84. The maximum Gasteiger partial charge on any atom is 0.296 e. The number of likely N-dealkylation sites (N-methyl/N-ethyl adjacent to an activating group) is 1. The fourth-order valence-corrected chi connectivity index (χ4v) is 4.06. The quantitative estimate of drug-likeness (QED) is 0.319. The number of alkyl halides is 2. The topological polar surface area (TPSA) is 116 Å². The summed E-state index contributed by atoms with van der Waals surface area (Å²) >= 11 is 0. The van der Waals surface area contributed by atoms with Crippen molar-refractivity contribution >= 4 is 28.6 Å². The SMILES string of the molecule is COc1cccc2c1nc(C(F)F)n2-c1nc(Nc2ccnc(OCCN(C)C)c2)nc(N2CCOCC2)n1. The third-order valence-electron chi connectivity index (χ3n) is 5.97. The molecule has 0 saturated carbocycles. The van der Waals surface area contributed by atoms with Gasteiger partial charge in [-0.2, -0.15) is 15.0 Å². The number of imidazole rings is 1. The molecule has 12 nitrogen and oxygen atoms in total. The first-order valence-corrected chi connectivity index (χ1v) is 12.4. The minimum atomic E-state index is -2.89. The van der Waals surface area contributed by atoms with Gasteiger partial charge in [0.25, 0.3) is 6.43 Å². The fourth-order valence-electron chi connectivity index (χ4n) is 4.06. The van der Waals surface area contributed by atoms with Crippen LogP contribution in [0, 0.1) is 0 Å². The van der Waals surface area contributed by atoms with Crippen LogP contribution in [0.2, 0.25) is 0 Å². The molecule has 0 amide bonds. The van der Waals surface area contributed by atoms with E-state index in [4.69, 9.17) is 14.2 Å². The molecule has 1 fully saturated rings. The number of benzene rings is 1. The summed E-state index contributed by atoms with van der Waals surface area (Å²) in [4.78, 5) is 26.0. The van der Waals surface area contributed by atoms with Crippen LogP contribution in [-0.4, -0.2) is 95.0 Å². The van der Waals surface area contributed by atoms with Crippen LogP contribution in [0.1, 0.15) is 12.2 Å². The molecule has 0 aliphatic carbocycles. The molecule has 0 unspecified atom stereocenters. The van der Waals surface area contributed by atoms with Crippen LogP contribution in [0.25, 0.3) is 17.0 Å². The highest BCUT2D eigenvalue weighted by Crippen LogP contribution is 2.32. The van der Waals surface area contributed by atoms with Gasteiger partial charge in [0.05, 0.1) is 25.8 Å². The van der Waals surface area contributed by atoms with E-state index in [0.29, 0.717) is 61.7 Å². The van der Waals surface area contributed by atoms with Crippen LogP contribution in [0.5, 0.6) is 11.6 Å². The number of fused-ring (bicyclic) bond motifs is 1. The number of methoxy groups -OCH3 is 1. The molecular weight excluding hydrogens is 512 g/mol. The second-order valence-corrected chi connectivity index (χ2v) is 8.95. The molecule has 1 saturated heterocycles. The van der Waals surface area contributed by atoms with Gasteiger partial charge < -0.3 is 29.3 Å². The molecule has 4 aromatic rings. The van der Waals surface area contributed by atoms with Crippen LogP contribution in [0.4, 0.5) is 26.4 Å². The Bertz CT molecular complexity index is 1430. The maximum atomic E-state index is 14.2. The lowest BCUT2D eigenvalue weighted by Gasteiger charge is -2.27. The van der Waals surface area contributed by atoms with Crippen molar-refractivity contribution in [2.24, 2.45) is 0 Å². The smallest absolute Gasteiger partial charge is 0.296 e. The molecule has 4 heterocycles. The van der Waals surface area contributed by atoms with Crippen LogP contribution in [-0.2, 0) is 4.74 Å². The zero-order valence-electron chi connectivity index (χ0n) is 21.8. The summed E-state index contributed by atoms with van der Waals surface area (Å²) in [6.07, 6.45) is -1.28. The molecule has 1 N–H and O–H groups in total. The Balaban J connectivity index is 1.57. The van der Waals surface area contributed by atoms with Crippen molar-refractivity contribution in [3.63, 3.8) is 0 Å². The highest BCUT2D eigenvalue weighted by atomic mass is 19.3. The molecule has 1 aromatic carbocycles. The van der Waals surface area contributed by atoms with Gasteiger partial charge in [-0.25, -0.2) is 18.7 Å². The summed E-state index contributed by atoms with van der Waals surface area (Å²) in [5.74, 6) is 0.783. The van der Waals surface area contributed by atoms with Gasteiger partial charge in [0.15, 0.2) is 5.82 Å². The Hall–Kier alpha value is -4.17. The first-order chi connectivity index (χ1) is 18.9. The predicted octanol–water partition coefficient (Wildman–Crippen LogP) is 3.07. The fraction of sp³-hybridized carbons (Fsp3) is 0.400. The zero-order chi connectivity index (χ0) is 27.4. The summed E-state index contributed by atoms with van der Waals surface area (Å²) in [6.45, 7) is 3.28. The third kappa shape index (κ3) is 5.96. The van der Waals surface area contributed by atoms with Crippen molar-refractivity contribution in [3.8, 4) is 17.6 Å². The molecule has 5 rings (SSSR count). The highest BCUT2D eigenvalue weighted by Gasteiger charge is 2.25. The number of anilines is 3. The summed E-state index contributed by atoms with van der Waals surface area (Å²) in [7, 11) is 5.38. The van der Waals surface area contributed by atoms with Crippen molar-refractivity contribution in [3.05, 3.63) is 42.4 Å². The monoisotopic (exact) mass is 541 g/mol. The number of morpholine rings is 1. The number of aromatic nitrogens is 6. The lowest BCUT2D eigenvalue weighted by molar-refractivity contribution is 0.122. The van der Waals surface area contributed by atoms with Crippen LogP contribution in [0.15, 0.2) is 36.5 Å². The lowest BCUT2D eigenvalue weighted by Crippen LogP contribution is -2.37. The van der Waals surface area contributed by atoms with E-state index in [2.05, 4.69) is 30.2 Å². The summed E-state index contributed by atoms with van der Waals surface area (Å²) in [6, 6.07) is 8.49. The van der Waals surface area contributed by atoms with E-state index in [0.717, 1.165) is 6.54 Å². The molecule has 0 atom stereocenters. The minimum Gasteiger partial charge on any atom is -0.494 e. The second kappa shape index (κ2) is 11.7. The van der Waals surface area contributed by atoms with E-state index in [1.807, 2.05) is 23.9 Å². The zero-order valence-corrected chi connectivity index (χ0v) is 21.8. The molecule has 14 heteroatoms. The number of pyridine rings is 1. The number of hydrogen-bond donors (Lipinski definition) is 1. The number of ether oxygens (including phenoxy) is 3. The second-order valence-electron chi connectivity index (χ2n) is 8.95. The average Bonchev–Trinajstić information content (AvgIpc) is 3.34. The van der Waals surface area contributed by atoms with Crippen molar-refractivity contribution in [1.29, 1.82) is 0 Å². The number of hydrogen-bond acceptors (Lipinski definition) is 11. The Morgan fingerprint density at radius 1 is 1.08 bits per heavy atom. The van der Waals surface area contributed by atoms with Crippen molar-refractivity contribution in [2.75, 3.05) is 70.9 Å². The summed E-state index contributed by atoms with van der Waals surface area (Å²) in [5.41, 5.74) is 1.28. The minimum absolute atomic E-state index is 0.00319. The van der Waals surface area contributed by atoms with Crippen molar-refractivity contribution < 1.29 is 23.0 Å². The van der Waals surface area contributed by atoms with Gasteiger partial charge in [-0.1, -0.05) is 6.07 Å². The summed E-state index contributed by atoms with van der Waals surface area (Å²) < 4.78 is 46.2. The molecule has 0 bridgehead atoms. The molecule has 39 heavy (non-hydrogen) atoms. The van der Waals surface area contributed by atoms with E-state index >= 15 is 0 Å². The molecule has 1 aliphatic heterocycles. The van der Waals surface area contributed by atoms with Crippen molar-refractivity contribution in [1.82, 2.24) is 34.4 Å². The number of nitrogens with one attached hydrogen (secondary N) is 1. The molecule has 1 aliphatic rings. The third-order valence-corrected chi connectivity index (χ3v) is 5.97. The molecular formula is C25H29F2N9O3. The van der Waals surface area contributed by atoms with E-state index < -0.39 is 12.2 Å². The maximum absolute atomic E-state index is 14.2. The van der Waals surface area contributed by atoms with Gasteiger partial charge in [-0.3, -0.25) is 4.57 Å². The number of nitrogens with zero attached hydrogens (tertiary/aromatic N) is 8.